The van der Waals surface area contributed by atoms with Gasteiger partial charge in [0.2, 0.25) is 5.95 Å². The molecule has 0 radical (unpaired) electrons. The number of aromatic nitrogens is 4. The third-order valence-electron chi connectivity index (χ3n) is 3.36. The van der Waals surface area contributed by atoms with E-state index in [1.165, 1.54) is 0 Å². The van der Waals surface area contributed by atoms with Crippen LogP contribution < -0.4 is 5.73 Å². The number of nitrogen functional groups attached to an aromatic ring is 1. The zero-order valence-electron chi connectivity index (χ0n) is 12.3. The number of rotatable bonds is 6. The highest BCUT2D eigenvalue weighted by Crippen LogP contribution is 2.21. The highest BCUT2D eigenvalue weighted by molar-refractivity contribution is 5.77. The van der Waals surface area contributed by atoms with E-state index >= 15 is 0 Å². The number of aryl methyl sites for hydroxylation is 3. The van der Waals surface area contributed by atoms with E-state index in [1.54, 1.807) is 0 Å². The third-order valence-corrected chi connectivity index (χ3v) is 3.36. The van der Waals surface area contributed by atoms with E-state index in [0.717, 1.165) is 49.3 Å². The van der Waals surface area contributed by atoms with E-state index in [1.807, 2.05) is 11.6 Å². The van der Waals surface area contributed by atoms with Crippen LogP contribution in [0.1, 0.15) is 25.5 Å². The molecule has 2 rings (SSSR count). The van der Waals surface area contributed by atoms with E-state index in [2.05, 4.69) is 40.6 Å². The van der Waals surface area contributed by atoms with Gasteiger partial charge in [0.05, 0.1) is 5.69 Å². The Morgan fingerprint density at radius 3 is 2.63 bits per heavy atom. The molecule has 0 bridgehead atoms. The van der Waals surface area contributed by atoms with Crippen molar-refractivity contribution in [3.05, 3.63) is 5.69 Å². The quantitative estimate of drug-likeness (QED) is 0.803. The van der Waals surface area contributed by atoms with Crippen LogP contribution in [0.15, 0.2) is 0 Å². The van der Waals surface area contributed by atoms with Gasteiger partial charge in [0.15, 0.2) is 5.65 Å². The summed E-state index contributed by atoms with van der Waals surface area (Å²) in [5, 5.41) is 4.50. The Balaban J connectivity index is 2.19. The second-order valence-corrected chi connectivity index (χ2v) is 5.21. The van der Waals surface area contributed by atoms with Crippen LogP contribution in [-0.4, -0.2) is 44.9 Å². The number of anilines is 1. The summed E-state index contributed by atoms with van der Waals surface area (Å²) in [6, 6.07) is 0. The van der Waals surface area contributed by atoms with E-state index in [0.29, 0.717) is 5.95 Å². The lowest BCUT2D eigenvalue weighted by Crippen LogP contribution is -2.14. The first-order valence-electron chi connectivity index (χ1n) is 6.88. The molecule has 106 valence electrons. The SMILES string of the molecule is CCn1nc(C)c2nc(N)n(CCCCN(C)C)c21. The van der Waals surface area contributed by atoms with Crippen molar-refractivity contribution >= 4 is 17.1 Å². The van der Waals surface area contributed by atoms with Gasteiger partial charge in [-0.25, -0.2) is 9.67 Å². The Labute approximate surface area is 114 Å². The summed E-state index contributed by atoms with van der Waals surface area (Å²) in [4.78, 5) is 6.64. The fraction of sp³-hybridized carbons (Fsp3) is 0.692. The molecule has 0 unspecified atom stereocenters. The summed E-state index contributed by atoms with van der Waals surface area (Å²) in [5.41, 5.74) is 8.98. The van der Waals surface area contributed by atoms with Crippen molar-refractivity contribution in [1.82, 2.24) is 24.2 Å². The third kappa shape index (κ3) is 2.73. The van der Waals surface area contributed by atoms with Crippen LogP contribution in [0.3, 0.4) is 0 Å². The minimum absolute atomic E-state index is 0.600. The molecular formula is C13H24N6. The standard InChI is InChI=1S/C13H24N6/c1-5-19-12-11(10(2)16-19)15-13(14)18(12)9-7-6-8-17(3)4/h5-9H2,1-4H3,(H2,14,15). The van der Waals surface area contributed by atoms with Crippen molar-refractivity contribution in [2.75, 3.05) is 26.4 Å². The van der Waals surface area contributed by atoms with Gasteiger partial charge in [-0.05, 0) is 47.3 Å². The van der Waals surface area contributed by atoms with E-state index < -0.39 is 0 Å². The van der Waals surface area contributed by atoms with Gasteiger partial charge in [-0.1, -0.05) is 0 Å². The van der Waals surface area contributed by atoms with E-state index in [-0.39, 0.29) is 0 Å². The molecule has 2 aromatic heterocycles. The van der Waals surface area contributed by atoms with Gasteiger partial charge in [-0.2, -0.15) is 5.10 Å². The summed E-state index contributed by atoms with van der Waals surface area (Å²) >= 11 is 0. The van der Waals surface area contributed by atoms with Crippen LogP contribution in [0.4, 0.5) is 5.95 Å². The molecule has 0 aliphatic carbocycles. The molecule has 0 fully saturated rings. The van der Waals surface area contributed by atoms with Gasteiger partial charge >= 0.3 is 0 Å². The molecular weight excluding hydrogens is 240 g/mol. The summed E-state index contributed by atoms with van der Waals surface area (Å²) in [6.07, 6.45) is 2.26. The lowest BCUT2D eigenvalue weighted by molar-refractivity contribution is 0.388. The van der Waals surface area contributed by atoms with E-state index in [9.17, 15) is 0 Å². The normalized spacial score (nSPS) is 11.8. The molecule has 0 saturated heterocycles. The molecule has 2 aromatic rings. The average Bonchev–Trinajstić information content (AvgIpc) is 2.83. The lowest BCUT2D eigenvalue weighted by Gasteiger charge is -2.10. The summed E-state index contributed by atoms with van der Waals surface area (Å²) in [7, 11) is 4.19. The van der Waals surface area contributed by atoms with Crippen molar-refractivity contribution in [2.24, 2.45) is 0 Å². The summed E-state index contributed by atoms with van der Waals surface area (Å²) in [5.74, 6) is 0.600. The number of fused-ring (bicyclic) bond motifs is 1. The van der Waals surface area contributed by atoms with Crippen LogP contribution in [0.25, 0.3) is 11.2 Å². The number of unbranched alkanes of at least 4 members (excludes halogenated alkanes) is 1. The van der Waals surface area contributed by atoms with Gasteiger partial charge in [0.1, 0.15) is 5.52 Å². The first-order valence-corrected chi connectivity index (χ1v) is 6.88. The smallest absolute Gasteiger partial charge is 0.202 e. The molecule has 0 atom stereocenters. The van der Waals surface area contributed by atoms with Crippen LogP contribution in [0, 0.1) is 6.92 Å². The monoisotopic (exact) mass is 264 g/mol. The molecule has 19 heavy (non-hydrogen) atoms. The Morgan fingerprint density at radius 1 is 1.26 bits per heavy atom. The average molecular weight is 264 g/mol. The largest absolute Gasteiger partial charge is 0.369 e. The molecule has 0 saturated carbocycles. The van der Waals surface area contributed by atoms with E-state index in [4.69, 9.17) is 5.73 Å². The van der Waals surface area contributed by atoms with Crippen LogP contribution in [-0.2, 0) is 13.1 Å². The molecule has 6 nitrogen and oxygen atoms in total. The Morgan fingerprint density at radius 2 is 2.00 bits per heavy atom. The number of nitrogens with two attached hydrogens (primary N) is 1. The van der Waals surface area contributed by atoms with Gasteiger partial charge in [-0.15, -0.1) is 0 Å². The maximum atomic E-state index is 6.03. The number of nitrogens with zero attached hydrogens (tertiary/aromatic N) is 5. The van der Waals surface area contributed by atoms with Gasteiger partial charge in [0.25, 0.3) is 0 Å². The van der Waals surface area contributed by atoms with Crippen molar-refractivity contribution in [2.45, 2.75) is 39.8 Å². The Bertz CT molecular complexity index is 551. The second kappa shape index (κ2) is 5.61. The van der Waals surface area contributed by atoms with Crippen molar-refractivity contribution < 1.29 is 0 Å². The fourth-order valence-electron chi connectivity index (χ4n) is 2.38. The zero-order valence-corrected chi connectivity index (χ0v) is 12.3. The summed E-state index contributed by atoms with van der Waals surface area (Å²) < 4.78 is 4.08. The summed E-state index contributed by atoms with van der Waals surface area (Å²) in [6.45, 7) is 6.92. The minimum Gasteiger partial charge on any atom is -0.369 e. The molecule has 6 heteroatoms. The predicted molar refractivity (Wildman–Crippen MR) is 78.1 cm³/mol. The molecule has 2 N–H and O–H groups in total. The number of hydrogen-bond acceptors (Lipinski definition) is 4. The molecule has 0 amide bonds. The van der Waals surface area contributed by atoms with Crippen molar-refractivity contribution in [3.63, 3.8) is 0 Å². The molecule has 0 spiro atoms. The highest BCUT2D eigenvalue weighted by Gasteiger charge is 2.16. The number of hydrogen-bond donors (Lipinski definition) is 1. The van der Waals surface area contributed by atoms with Crippen LogP contribution in [0.5, 0.6) is 0 Å². The van der Waals surface area contributed by atoms with Gasteiger partial charge in [-0.3, -0.25) is 4.57 Å². The van der Waals surface area contributed by atoms with Gasteiger partial charge < -0.3 is 10.6 Å². The molecule has 0 aliphatic rings. The van der Waals surface area contributed by atoms with Gasteiger partial charge in [0, 0.05) is 13.1 Å². The van der Waals surface area contributed by atoms with Crippen molar-refractivity contribution in [1.29, 1.82) is 0 Å². The Kier molecular flexibility index (Phi) is 4.09. The second-order valence-electron chi connectivity index (χ2n) is 5.21. The number of imidazole rings is 1. The zero-order chi connectivity index (χ0) is 14.0. The molecule has 2 heterocycles. The van der Waals surface area contributed by atoms with Crippen LogP contribution >= 0.6 is 0 Å². The lowest BCUT2D eigenvalue weighted by atomic mass is 10.3. The molecule has 0 aliphatic heterocycles. The minimum atomic E-state index is 0.600. The van der Waals surface area contributed by atoms with Crippen LogP contribution in [0.2, 0.25) is 0 Å². The first-order chi connectivity index (χ1) is 9.04. The highest BCUT2D eigenvalue weighted by atomic mass is 15.4. The Hall–Kier alpha value is -1.56. The topological polar surface area (TPSA) is 64.9 Å². The maximum absolute atomic E-state index is 6.03. The molecule has 0 aromatic carbocycles. The van der Waals surface area contributed by atoms with Crippen molar-refractivity contribution in [3.8, 4) is 0 Å². The maximum Gasteiger partial charge on any atom is 0.202 e. The predicted octanol–water partition coefficient (Wildman–Crippen LogP) is 1.49. The fourth-order valence-corrected chi connectivity index (χ4v) is 2.38. The first kappa shape index (κ1) is 13.9.